The first-order valence-electron chi connectivity index (χ1n) is 9.30. The van der Waals surface area contributed by atoms with Gasteiger partial charge in [0, 0.05) is 40.5 Å². The molecule has 0 atom stereocenters. The van der Waals surface area contributed by atoms with Gasteiger partial charge >= 0.3 is 0 Å². The van der Waals surface area contributed by atoms with Gasteiger partial charge in [-0.05, 0) is 42.7 Å². The molecule has 148 valence electrons. The van der Waals surface area contributed by atoms with Crippen LogP contribution in [0.4, 0.5) is 0 Å². The number of rotatable bonds is 10. The van der Waals surface area contributed by atoms with E-state index in [2.05, 4.69) is 39.9 Å². The van der Waals surface area contributed by atoms with Gasteiger partial charge in [0.2, 0.25) is 0 Å². The van der Waals surface area contributed by atoms with E-state index in [-0.39, 0.29) is 24.0 Å². The molecule has 1 aliphatic rings. The van der Waals surface area contributed by atoms with Crippen LogP contribution in [0.3, 0.4) is 0 Å². The van der Waals surface area contributed by atoms with E-state index in [1.807, 2.05) is 14.0 Å². The fourth-order valence-electron chi connectivity index (χ4n) is 3.16. The van der Waals surface area contributed by atoms with Crippen molar-refractivity contribution < 1.29 is 9.47 Å². The van der Waals surface area contributed by atoms with Crippen LogP contribution < -0.4 is 10.6 Å². The lowest BCUT2D eigenvalue weighted by Gasteiger charge is -2.42. The first-order valence-corrected chi connectivity index (χ1v) is 9.30. The molecule has 2 N–H and O–H groups in total. The van der Waals surface area contributed by atoms with Crippen LogP contribution >= 0.6 is 24.0 Å². The molecule has 5 nitrogen and oxygen atoms in total. The molecule has 1 aromatic carbocycles. The van der Waals surface area contributed by atoms with Gasteiger partial charge in [-0.3, -0.25) is 4.99 Å². The quantitative estimate of drug-likeness (QED) is 0.308. The number of guanidine groups is 1. The monoisotopic (exact) mass is 475 g/mol. The van der Waals surface area contributed by atoms with Crippen molar-refractivity contribution in [3.05, 3.63) is 35.4 Å². The Labute approximate surface area is 175 Å². The molecule has 0 spiro atoms. The molecular formula is C20H34IN3O2. The normalized spacial score (nSPS) is 15.7. The highest BCUT2D eigenvalue weighted by Crippen LogP contribution is 2.43. The molecule has 2 rings (SSSR count). The summed E-state index contributed by atoms with van der Waals surface area (Å²) in [6, 6.07) is 8.52. The zero-order valence-corrected chi connectivity index (χ0v) is 18.7. The molecule has 1 saturated carbocycles. The second kappa shape index (κ2) is 12.5. The van der Waals surface area contributed by atoms with Gasteiger partial charge in [0.15, 0.2) is 5.96 Å². The summed E-state index contributed by atoms with van der Waals surface area (Å²) in [6.07, 6.45) is 5.00. The summed E-state index contributed by atoms with van der Waals surface area (Å²) in [6.45, 7) is 6.00. The predicted molar refractivity (Wildman–Crippen MR) is 118 cm³/mol. The number of halogens is 1. The molecule has 1 fully saturated rings. The molecule has 1 aliphatic carbocycles. The predicted octanol–water partition coefficient (Wildman–Crippen LogP) is 3.71. The average Bonchev–Trinajstić information content (AvgIpc) is 2.62. The number of aliphatic imine (C=N–C) groups is 1. The van der Waals surface area contributed by atoms with Crippen molar-refractivity contribution in [2.75, 3.05) is 33.9 Å². The minimum absolute atomic E-state index is 0. The minimum atomic E-state index is 0. The van der Waals surface area contributed by atoms with Gasteiger partial charge in [0.05, 0.1) is 6.61 Å². The first-order chi connectivity index (χ1) is 12.2. The second-order valence-electron chi connectivity index (χ2n) is 6.83. The molecule has 1 aromatic rings. The Bertz CT molecular complexity index is 530. The molecule has 0 heterocycles. The maximum atomic E-state index is 5.43. The Morgan fingerprint density at radius 2 is 1.85 bits per heavy atom. The van der Waals surface area contributed by atoms with Gasteiger partial charge in [0.25, 0.3) is 0 Å². The molecule has 0 radical (unpaired) electrons. The Morgan fingerprint density at radius 1 is 1.15 bits per heavy atom. The van der Waals surface area contributed by atoms with Crippen LogP contribution in [0.25, 0.3) is 0 Å². The molecule has 0 saturated heterocycles. The van der Waals surface area contributed by atoms with Crippen LogP contribution in [0, 0.1) is 5.41 Å². The summed E-state index contributed by atoms with van der Waals surface area (Å²) in [5, 5.41) is 6.90. The van der Waals surface area contributed by atoms with E-state index in [0.29, 0.717) is 12.0 Å². The van der Waals surface area contributed by atoms with Crippen molar-refractivity contribution in [2.45, 2.75) is 45.8 Å². The van der Waals surface area contributed by atoms with Gasteiger partial charge in [-0.15, -0.1) is 24.0 Å². The number of nitrogens with one attached hydrogen (secondary N) is 2. The van der Waals surface area contributed by atoms with Gasteiger partial charge in [0.1, 0.15) is 0 Å². The molecule has 0 amide bonds. The third kappa shape index (κ3) is 7.40. The number of hydrogen-bond acceptors (Lipinski definition) is 3. The molecule has 0 unspecified atom stereocenters. The van der Waals surface area contributed by atoms with Crippen LogP contribution in [0.15, 0.2) is 29.3 Å². The molecule has 0 aliphatic heterocycles. The maximum Gasteiger partial charge on any atom is 0.191 e. The van der Waals surface area contributed by atoms with Crippen LogP contribution in [0.1, 0.15) is 43.7 Å². The Morgan fingerprint density at radius 3 is 2.38 bits per heavy atom. The molecule has 6 heteroatoms. The van der Waals surface area contributed by atoms with Crippen LogP contribution in [-0.4, -0.2) is 39.9 Å². The average molecular weight is 475 g/mol. The van der Waals surface area contributed by atoms with Crippen molar-refractivity contribution in [3.63, 3.8) is 0 Å². The lowest BCUT2D eigenvalue weighted by molar-refractivity contribution is 0.0732. The fraction of sp³-hybridized carbons (Fsp3) is 0.650. The maximum absolute atomic E-state index is 5.43. The van der Waals surface area contributed by atoms with Crippen molar-refractivity contribution in [1.29, 1.82) is 0 Å². The zero-order valence-electron chi connectivity index (χ0n) is 16.3. The lowest BCUT2D eigenvalue weighted by Crippen LogP contribution is -2.46. The minimum Gasteiger partial charge on any atom is -0.385 e. The summed E-state index contributed by atoms with van der Waals surface area (Å²) in [7, 11) is 3.60. The number of nitrogens with zero attached hydrogens (tertiary/aromatic N) is 1. The number of benzene rings is 1. The van der Waals surface area contributed by atoms with Crippen molar-refractivity contribution in [3.8, 4) is 0 Å². The van der Waals surface area contributed by atoms with E-state index in [0.717, 1.165) is 38.7 Å². The Balaban J connectivity index is 0.00000338. The highest BCUT2D eigenvalue weighted by molar-refractivity contribution is 14.0. The smallest absolute Gasteiger partial charge is 0.191 e. The SMILES string of the molecule is CCOCc1ccc(CNC(=NC)NCC2(CCOC)CCC2)cc1.I. The Kier molecular flexibility index (Phi) is 11.2. The third-order valence-electron chi connectivity index (χ3n) is 5.06. The highest BCUT2D eigenvalue weighted by atomic mass is 127. The van der Waals surface area contributed by atoms with Crippen LogP contribution in [0.2, 0.25) is 0 Å². The fourth-order valence-corrected chi connectivity index (χ4v) is 3.16. The summed E-state index contributed by atoms with van der Waals surface area (Å²) in [5.74, 6) is 0.863. The van der Waals surface area contributed by atoms with Gasteiger partial charge < -0.3 is 20.1 Å². The van der Waals surface area contributed by atoms with Crippen LogP contribution in [0.5, 0.6) is 0 Å². The highest BCUT2D eigenvalue weighted by Gasteiger charge is 2.36. The zero-order chi connectivity index (χ0) is 18.0. The van der Waals surface area contributed by atoms with Crippen molar-refractivity contribution in [1.82, 2.24) is 10.6 Å². The first kappa shape index (κ1) is 23.2. The second-order valence-corrected chi connectivity index (χ2v) is 6.83. The lowest BCUT2D eigenvalue weighted by atomic mass is 9.67. The summed E-state index contributed by atoms with van der Waals surface area (Å²) >= 11 is 0. The molecule has 0 aromatic heterocycles. The van der Waals surface area contributed by atoms with E-state index in [1.54, 1.807) is 7.11 Å². The van der Waals surface area contributed by atoms with Gasteiger partial charge in [-0.25, -0.2) is 0 Å². The number of ether oxygens (including phenoxy) is 2. The largest absolute Gasteiger partial charge is 0.385 e. The van der Waals surface area contributed by atoms with Crippen LogP contribution in [-0.2, 0) is 22.6 Å². The molecule has 0 bridgehead atoms. The van der Waals surface area contributed by atoms with E-state index in [4.69, 9.17) is 9.47 Å². The Hall–Kier alpha value is -0.860. The summed E-state index contributed by atoms with van der Waals surface area (Å²) < 4.78 is 10.7. The van der Waals surface area contributed by atoms with Gasteiger partial charge in [-0.1, -0.05) is 30.7 Å². The topological polar surface area (TPSA) is 54.9 Å². The number of hydrogen-bond donors (Lipinski definition) is 2. The standard InChI is InChI=1S/C20H33N3O2.HI/c1-4-25-15-18-8-6-17(7-9-18)14-22-19(21-2)23-16-20(10-5-11-20)12-13-24-3;/h6-9H,4-5,10-16H2,1-3H3,(H2,21,22,23);1H. The van der Waals surface area contributed by atoms with Crippen molar-refractivity contribution >= 4 is 29.9 Å². The summed E-state index contributed by atoms with van der Waals surface area (Å²) in [4.78, 5) is 4.35. The molecule has 26 heavy (non-hydrogen) atoms. The third-order valence-corrected chi connectivity index (χ3v) is 5.06. The van der Waals surface area contributed by atoms with E-state index >= 15 is 0 Å². The molecular weight excluding hydrogens is 441 g/mol. The van der Waals surface area contributed by atoms with Gasteiger partial charge in [-0.2, -0.15) is 0 Å². The van der Waals surface area contributed by atoms with E-state index in [1.165, 1.54) is 30.4 Å². The summed E-state index contributed by atoms with van der Waals surface area (Å²) in [5.41, 5.74) is 2.83. The van der Waals surface area contributed by atoms with E-state index in [9.17, 15) is 0 Å². The number of methoxy groups -OCH3 is 1. The van der Waals surface area contributed by atoms with E-state index < -0.39 is 0 Å². The van der Waals surface area contributed by atoms with Crippen molar-refractivity contribution in [2.24, 2.45) is 10.4 Å².